The van der Waals surface area contributed by atoms with Gasteiger partial charge in [-0.05, 0) is 25.0 Å². The molecule has 1 atom stereocenters. The third-order valence-corrected chi connectivity index (χ3v) is 3.32. The average Bonchev–Trinajstić information content (AvgIpc) is 2.75. The normalized spacial score (nSPS) is 12.8. The van der Waals surface area contributed by atoms with Crippen LogP contribution in [-0.4, -0.2) is 30.4 Å². The summed E-state index contributed by atoms with van der Waals surface area (Å²) in [5.41, 5.74) is 8.18. The van der Waals surface area contributed by atoms with Crippen LogP contribution in [0.25, 0.3) is 11.0 Å². The summed E-state index contributed by atoms with van der Waals surface area (Å²) in [7, 11) is 5.35. The lowest BCUT2D eigenvalue weighted by Gasteiger charge is -2.11. The van der Waals surface area contributed by atoms with Gasteiger partial charge in [0.1, 0.15) is 11.6 Å². The molecule has 0 amide bonds. The Kier molecular flexibility index (Phi) is 4.39. The number of ether oxygens (including phenoxy) is 2. The number of hydrogen-bond donors (Lipinski definition) is 1. The fraction of sp³-hybridized carbons (Fsp3) is 0.500. The lowest BCUT2D eigenvalue weighted by atomic mass is 10.1. The van der Waals surface area contributed by atoms with Gasteiger partial charge in [0, 0.05) is 26.8 Å². The van der Waals surface area contributed by atoms with Crippen molar-refractivity contribution in [3.63, 3.8) is 0 Å². The molecule has 0 aliphatic carbocycles. The van der Waals surface area contributed by atoms with E-state index in [1.807, 2.05) is 29.8 Å². The predicted molar refractivity (Wildman–Crippen MR) is 75.3 cm³/mol. The lowest BCUT2D eigenvalue weighted by Crippen LogP contribution is -2.15. The van der Waals surface area contributed by atoms with Gasteiger partial charge in [-0.15, -0.1) is 0 Å². The zero-order chi connectivity index (χ0) is 13.8. The zero-order valence-electron chi connectivity index (χ0n) is 11.7. The Morgan fingerprint density at radius 2 is 2.16 bits per heavy atom. The van der Waals surface area contributed by atoms with Gasteiger partial charge < -0.3 is 19.8 Å². The number of nitrogens with zero attached hydrogens (tertiary/aromatic N) is 2. The number of rotatable bonds is 6. The molecule has 0 saturated carbocycles. The highest BCUT2D eigenvalue weighted by Crippen LogP contribution is 2.24. The summed E-state index contributed by atoms with van der Waals surface area (Å²) in [5, 5.41) is 0. The van der Waals surface area contributed by atoms with Gasteiger partial charge in [-0.1, -0.05) is 0 Å². The monoisotopic (exact) mass is 263 g/mol. The minimum absolute atomic E-state index is 0.0708. The summed E-state index contributed by atoms with van der Waals surface area (Å²) < 4.78 is 12.3. The van der Waals surface area contributed by atoms with E-state index in [9.17, 15) is 0 Å². The first-order valence-electron chi connectivity index (χ1n) is 6.42. The van der Waals surface area contributed by atoms with Gasteiger partial charge in [-0.2, -0.15) is 0 Å². The molecule has 0 bridgehead atoms. The van der Waals surface area contributed by atoms with E-state index in [-0.39, 0.29) is 6.04 Å². The van der Waals surface area contributed by atoms with Crippen molar-refractivity contribution in [1.29, 1.82) is 0 Å². The van der Waals surface area contributed by atoms with Gasteiger partial charge in [0.05, 0.1) is 24.2 Å². The molecule has 104 valence electrons. The molecule has 0 fully saturated rings. The molecule has 0 spiro atoms. The number of benzene rings is 1. The SMILES string of the molecule is COCCCC(N)c1nc2cc(OC)ccc2n1C. The summed E-state index contributed by atoms with van der Waals surface area (Å²) >= 11 is 0. The van der Waals surface area contributed by atoms with Crippen molar-refractivity contribution in [1.82, 2.24) is 9.55 Å². The van der Waals surface area contributed by atoms with Gasteiger partial charge in [0.25, 0.3) is 0 Å². The van der Waals surface area contributed by atoms with Crippen LogP contribution < -0.4 is 10.5 Å². The van der Waals surface area contributed by atoms with Crippen molar-refractivity contribution in [2.24, 2.45) is 12.8 Å². The summed E-state index contributed by atoms with van der Waals surface area (Å²) in [6.07, 6.45) is 1.80. The number of methoxy groups -OCH3 is 2. The third kappa shape index (κ3) is 2.88. The highest BCUT2D eigenvalue weighted by atomic mass is 16.5. The van der Waals surface area contributed by atoms with Crippen molar-refractivity contribution in [2.75, 3.05) is 20.8 Å². The summed E-state index contributed by atoms with van der Waals surface area (Å²) in [6, 6.07) is 5.80. The Morgan fingerprint density at radius 1 is 1.37 bits per heavy atom. The van der Waals surface area contributed by atoms with Gasteiger partial charge >= 0.3 is 0 Å². The lowest BCUT2D eigenvalue weighted by molar-refractivity contribution is 0.190. The molecule has 2 aromatic rings. The fourth-order valence-corrected chi connectivity index (χ4v) is 2.23. The predicted octanol–water partition coefficient (Wildman–Crippen LogP) is 2.01. The Balaban J connectivity index is 2.25. The van der Waals surface area contributed by atoms with Crippen LogP contribution in [0.3, 0.4) is 0 Å². The molecule has 1 heterocycles. The first-order valence-corrected chi connectivity index (χ1v) is 6.42. The summed E-state index contributed by atoms with van der Waals surface area (Å²) in [6.45, 7) is 0.728. The molecule has 2 N–H and O–H groups in total. The molecule has 1 aromatic carbocycles. The van der Waals surface area contributed by atoms with Crippen LogP contribution in [0.4, 0.5) is 0 Å². The maximum Gasteiger partial charge on any atom is 0.126 e. The van der Waals surface area contributed by atoms with Crippen molar-refractivity contribution in [3.8, 4) is 5.75 Å². The Morgan fingerprint density at radius 3 is 2.84 bits per heavy atom. The number of aromatic nitrogens is 2. The molecule has 0 radical (unpaired) electrons. The summed E-state index contributed by atoms with van der Waals surface area (Å²) in [5.74, 6) is 1.71. The molecule has 0 saturated heterocycles. The minimum Gasteiger partial charge on any atom is -0.497 e. The maximum absolute atomic E-state index is 6.20. The smallest absolute Gasteiger partial charge is 0.126 e. The maximum atomic E-state index is 6.20. The molecule has 0 aliphatic rings. The standard InChI is InChI=1S/C14H21N3O2/c1-17-13-7-6-10(19-3)9-12(13)16-14(17)11(15)5-4-8-18-2/h6-7,9,11H,4-5,8,15H2,1-3H3. The number of imidazole rings is 1. The highest BCUT2D eigenvalue weighted by Gasteiger charge is 2.15. The van der Waals surface area contributed by atoms with Crippen molar-refractivity contribution >= 4 is 11.0 Å². The van der Waals surface area contributed by atoms with Crippen molar-refractivity contribution < 1.29 is 9.47 Å². The van der Waals surface area contributed by atoms with E-state index < -0.39 is 0 Å². The van der Waals surface area contributed by atoms with Crippen molar-refractivity contribution in [2.45, 2.75) is 18.9 Å². The Bertz CT molecular complexity index is 551. The van der Waals surface area contributed by atoms with E-state index in [2.05, 4.69) is 4.98 Å². The molecule has 1 aromatic heterocycles. The van der Waals surface area contributed by atoms with Gasteiger partial charge in [0.15, 0.2) is 0 Å². The van der Waals surface area contributed by atoms with E-state index in [1.54, 1.807) is 14.2 Å². The highest BCUT2D eigenvalue weighted by molar-refractivity contribution is 5.77. The minimum atomic E-state index is -0.0708. The largest absolute Gasteiger partial charge is 0.497 e. The molecule has 5 heteroatoms. The van der Waals surface area contributed by atoms with Gasteiger partial charge in [-0.3, -0.25) is 0 Å². The van der Waals surface area contributed by atoms with Crippen LogP contribution in [0.2, 0.25) is 0 Å². The third-order valence-electron chi connectivity index (χ3n) is 3.32. The molecule has 0 aliphatic heterocycles. The number of aryl methyl sites for hydroxylation is 1. The van der Waals surface area contributed by atoms with E-state index >= 15 is 0 Å². The topological polar surface area (TPSA) is 62.3 Å². The quantitative estimate of drug-likeness (QED) is 0.810. The molecular weight excluding hydrogens is 242 g/mol. The number of hydrogen-bond acceptors (Lipinski definition) is 4. The molecule has 1 unspecified atom stereocenters. The molecule has 19 heavy (non-hydrogen) atoms. The second kappa shape index (κ2) is 6.04. The Labute approximate surface area is 113 Å². The molecule has 5 nitrogen and oxygen atoms in total. The van der Waals surface area contributed by atoms with Crippen molar-refractivity contribution in [3.05, 3.63) is 24.0 Å². The van der Waals surface area contributed by atoms with Gasteiger partial charge in [-0.25, -0.2) is 4.98 Å². The molecular formula is C14H21N3O2. The number of fused-ring (bicyclic) bond motifs is 1. The average molecular weight is 263 g/mol. The van der Waals surface area contributed by atoms with Crippen LogP contribution in [0.1, 0.15) is 24.7 Å². The Hall–Kier alpha value is -1.59. The van der Waals surface area contributed by atoms with Crippen LogP contribution in [0, 0.1) is 0 Å². The second-order valence-corrected chi connectivity index (χ2v) is 4.63. The van der Waals surface area contributed by atoms with Crippen LogP contribution in [-0.2, 0) is 11.8 Å². The second-order valence-electron chi connectivity index (χ2n) is 4.63. The van der Waals surface area contributed by atoms with E-state index in [0.717, 1.165) is 42.1 Å². The van der Waals surface area contributed by atoms with Gasteiger partial charge in [0.2, 0.25) is 0 Å². The fourth-order valence-electron chi connectivity index (χ4n) is 2.23. The zero-order valence-corrected chi connectivity index (χ0v) is 11.7. The van der Waals surface area contributed by atoms with E-state index in [0.29, 0.717) is 0 Å². The van der Waals surface area contributed by atoms with E-state index in [1.165, 1.54) is 0 Å². The van der Waals surface area contributed by atoms with Crippen LogP contribution >= 0.6 is 0 Å². The van der Waals surface area contributed by atoms with Crippen LogP contribution in [0.15, 0.2) is 18.2 Å². The first kappa shape index (κ1) is 13.8. The molecule has 2 rings (SSSR count). The summed E-state index contributed by atoms with van der Waals surface area (Å²) in [4.78, 5) is 4.62. The van der Waals surface area contributed by atoms with E-state index in [4.69, 9.17) is 15.2 Å². The number of nitrogens with two attached hydrogens (primary N) is 1. The first-order chi connectivity index (χ1) is 9.17. The van der Waals surface area contributed by atoms with Crippen LogP contribution in [0.5, 0.6) is 5.75 Å².